The van der Waals surface area contributed by atoms with Gasteiger partial charge in [0.25, 0.3) is 5.91 Å². The maximum atomic E-state index is 12.3. The molecule has 1 aliphatic heterocycles. The van der Waals surface area contributed by atoms with E-state index in [1.54, 1.807) is 0 Å². The average molecular weight is 407 g/mol. The van der Waals surface area contributed by atoms with Crippen molar-refractivity contribution >= 4 is 28.5 Å². The quantitative estimate of drug-likeness (QED) is 0.715. The highest BCUT2D eigenvalue weighted by atomic mass is 127. The second-order valence-corrected chi connectivity index (χ2v) is 6.58. The zero-order chi connectivity index (χ0) is 15.4. The summed E-state index contributed by atoms with van der Waals surface area (Å²) >= 11 is 2.26. The van der Waals surface area contributed by atoms with Gasteiger partial charge in [0.1, 0.15) is 12.4 Å². The van der Waals surface area contributed by atoms with E-state index in [0.29, 0.717) is 6.61 Å². The molecule has 2 aromatic carbocycles. The third kappa shape index (κ3) is 3.61. The van der Waals surface area contributed by atoms with Crippen molar-refractivity contribution < 1.29 is 9.53 Å². The highest BCUT2D eigenvalue weighted by molar-refractivity contribution is 14.1. The number of likely N-dealkylation sites (tertiary alicyclic amines) is 1. The Kier molecular flexibility index (Phi) is 4.97. The van der Waals surface area contributed by atoms with Crippen LogP contribution in [0.3, 0.4) is 0 Å². The summed E-state index contributed by atoms with van der Waals surface area (Å²) in [6.07, 6.45) is 2.24. The predicted octanol–water partition coefficient (Wildman–Crippen LogP) is 4.11. The lowest BCUT2D eigenvalue weighted by atomic mass is 10.1. The summed E-state index contributed by atoms with van der Waals surface area (Å²) in [5, 5.41) is 0. The van der Waals surface area contributed by atoms with Crippen molar-refractivity contribution in [2.24, 2.45) is 0 Å². The summed E-state index contributed by atoms with van der Waals surface area (Å²) in [5.74, 6) is 1.03. The average Bonchev–Trinajstić information content (AvgIpc) is 3.08. The van der Waals surface area contributed by atoms with E-state index in [4.69, 9.17) is 4.74 Å². The third-order valence-corrected chi connectivity index (χ3v) is 4.72. The van der Waals surface area contributed by atoms with Crippen LogP contribution in [0.25, 0.3) is 0 Å². The second-order valence-electron chi connectivity index (χ2n) is 5.42. The number of halogens is 1. The fraction of sp³-hybridized carbons (Fsp3) is 0.278. The van der Waals surface area contributed by atoms with Crippen LogP contribution < -0.4 is 4.74 Å². The fourth-order valence-electron chi connectivity index (χ4n) is 2.57. The van der Waals surface area contributed by atoms with Crippen molar-refractivity contribution in [1.82, 2.24) is 4.90 Å². The summed E-state index contributed by atoms with van der Waals surface area (Å²) in [6, 6.07) is 15.7. The molecule has 0 aromatic heterocycles. The Balaban J connectivity index is 1.62. The molecule has 0 unspecified atom stereocenters. The van der Waals surface area contributed by atoms with Crippen molar-refractivity contribution in [2.45, 2.75) is 19.4 Å². The van der Waals surface area contributed by atoms with Crippen molar-refractivity contribution in [2.75, 3.05) is 13.1 Å². The number of amides is 1. The minimum absolute atomic E-state index is 0.141. The van der Waals surface area contributed by atoms with Crippen LogP contribution >= 0.6 is 22.6 Å². The molecular weight excluding hydrogens is 389 g/mol. The molecule has 3 rings (SSSR count). The van der Waals surface area contributed by atoms with Crippen LogP contribution in [0.5, 0.6) is 5.75 Å². The molecule has 0 bridgehead atoms. The molecule has 22 heavy (non-hydrogen) atoms. The first-order valence-corrected chi connectivity index (χ1v) is 8.57. The number of carbonyl (C=O) groups excluding carboxylic acids is 1. The van der Waals surface area contributed by atoms with Gasteiger partial charge in [0.15, 0.2) is 0 Å². The smallest absolute Gasteiger partial charge is 0.253 e. The van der Waals surface area contributed by atoms with Gasteiger partial charge in [-0.05, 0) is 65.3 Å². The first kappa shape index (κ1) is 15.3. The Morgan fingerprint density at radius 2 is 1.73 bits per heavy atom. The van der Waals surface area contributed by atoms with Gasteiger partial charge in [-0.1, -0.05) is 24.3 Å². The summed E-state index contributed by atoms with van der Waals surface area (Å²) in [4.78, 5) is 14.2. The van der Waals surface area contributed by atoms with Gasteiger partial charge in [-0.2, -0.15) is 0 Å². The van der Waals surface area contributed by atoms with E-state index < -0.39 is 0 Å². The monoisotopic (exact) mass is 407 g/mol. The SMILES string of the molecule is O=C(c1ccc(COc2ccccc2I)cc1)N1CCCC1. The molecule has 0 saturated carbocycles. The fourth-order valence-corrected chi connectivity index (χ4v) is 3.11. The number of rotatable bonds is 4. The molecule has 0 N–H and O–H groups in total. The molecular formula is C18H18INO2. The number of nitrogens with zero attached hydrogens (tertiary/aromatic N) is 1. The lowest BCUT2D eigenvalue weighted by Crippen LogP contribution is -2.27. The zero-order valence-corrected chi connectivity index (χ0v) is 14.5. The van der Waals surface area contributed by atoms with Crippen LogP contribution in [-0.2, 0) is 6.61 Å². The van der Waals surface area contributed by atoms with E-state index in [2.05, 4.69) is 22.6 Å². The van der Waals surface area contributed by atoms with Gasteiger partial charge >= 0.3 is 0 Å². The Morgan fingerprint density at radius 3 is 2.41 bits per heavy atom. The number of hydrogen-bond acceptors (Lipinski definition) is 2. The summed E-state index contributed by atoms with van der Waals surface area (Å²) in [5.41, 5.74) is 1.83. The Bertz CT molecular complexity index is 648. The van der Waals surface area contributed by atoms with Crippen LogP contribution in [0.4, 0.5) is 0 Å². The molecule has 114 valence electrons. The topological polar surface area (TPSA) is 29.5 Å². The maximum absolute atomic E-state index is 12.3. The van der Waals surface area contributed by atoms with Gasteiger partial charge in [0.2, 0.25) is 0 Å². The lowest BCUT2D eigenvalue weighted by Gasteiger charge is -2.15. The Morgan fingerprint density at radius 1 is 1.05 bits per heavy atom. The molecule has 4 heteroatoms. The first-order valence-electron chi connectivity index (χ1n) is 7.49. The van der Waals surface area contributed by atoms with Crippen molar-refractivity contribution in [3.63, 3.8) is 0 Å². The summed E-state index contributed by atoms with van der Waals surface area (Å²) < 4.78 is 6.92. The molecule has 2 aromatic rings. The van der Waals surface area contributed by atoms with Crippen molar-refractivity contribution in [3.05, 3.63) is 63.2 Å². The van der Waals surface area contributed by atoms with Crippen molar-refractivity contribution in [1.29, 1.82) is 0 Å². The van der Waals surface area contributed by atoms with Gasteiger partial charge in [-0.25, -0.2) is 0 Å². The van der Waals surface area contributed by atoms with Gasteiger partial charge in [-0.15, -0.1) is 0 Å². The lowest BCUT2D eigenvalue weighted by molar-refractivity contribution is 0.0793. The third-order valence-electron chi connectivity index (χ3n) is 3.83. The zero-order valence-electron chi connectivity index (χ0n) is 12.3. The van der Waals surface area contributed by atoms with Crippen LogP contribution in [0, 0.1) is 3.57 Å². The summed E-state index contributed by atoms with van der Waals surface area (Å²) in [6.45, 7) is 2.28. The molecule has 1 fully saturated rings. The number of para-hydroxylation sites is 1. The van der Waals surface area contributed by atoms with E-state index in [1.165, 1.54) is 0 Å². The largest absolute Gasteiger partial charge is 0.488 e. The molecule has 0 radical (unpaired) electrons. The number of ether oxygens (including phenoxy) is 1. The van der Waals surface area contributed by atoms with Crippen LogP contribution in [0.2, 0.25) is 0 Å². The van der Waals surface area contributed by atoms with E-state index in [1.807, 2.05) is 53.4 Å². The molecule has 0 spiro atoms. The molecule has 1 saturated heterocycles. The normalized spacial score (nSPS) is 14.1. The first-order chi connectivity index (χ1) is 10.7. The number of benzene rings is 2. The highest BCUT2D eigenvalue weighted by Crippen LogP contribution is 2.21. The molecule has 0 aliphatic carbocycles. The highest BCUT2D eigenvalue weighted by Gasteiger charge is 2.19. The molecule has 3 nitrogen and oxygen atoms in total. The van der Waals surface area contributed by atoms with Gasteiger partial charge < -0.3 is 9.64 Å². The van der Waals surface area contributed by atoms with Crippen LogP contribution in [0.15, 0.2) is 48.5 Å². The van der Waals surface area contributed by atoms with Gasteiger partial charge in [-0.3, -0.25) is 4.79 Å². The minimum Gasteiger partial charge on any atom is -0.488 e. The van der Waals surface area contributed by atoms with Gasteiger partial charge in [0.05, 0.1) is 3.57 Å². The number of carbonyl (C=O) groups is 1. The molecule has 1 amide bonds. The Hall–Kier alpha value is -1.56. The summed E-state index contributed by atoms with van der Waals surface area (Å²) in [7, 11) is 0. The number of hydrogen-bond donors (Lipinski definition) is 0. The van der Waals surface area contributed by atoms with E-state index >= 15 is 0 Å². The van der Waals surface area contributed by atoms with E-state index in [9.17, 15) is 4.79 Å². The maximum Gasteiger partial charge on any atom is 0.253 e. The van der Waals surface area contributed by atoms with E-state index in [0.717, 1.165) is 46.4 Å². The van der Waals surface area contributed by atoms with Crippen molar-refractivity contribution in [3.8, 4) is 5.75 Å². The molecule has 1 heterocycles. The molecule has 0 atom stereocenters. The standard InChI is InChI=1S/C18H18INO2/c19-16-5-1-2-6-17(16)22-13-14-7-9-15(10-8-14)18(21)20-11-3-4-12-20/h1-2,5-10H,3-4,11-13H2. The van der Waals surface area contributed by atoms with E-state index in [-0.39, 0.29) is 5.91 Å². The molecule has 1 aliphatic rings. The van der Waals surface area contributed by atoms with Gasteiger partial charge in [0, 0.05) is 18.7 Å². The van der Waals surface area contributed by atoms with Crippen LogP contribution in [-0.4, -0.2) is 23.9 Å². The second kappa shape index (κ2) is 7.13. The Labute approximate surface area is 144 Å². The predicted molar refractivity (Wildman–Crippen MR) is 95.1 cm³/mol. The van der Waals surface area contributed by atoms with Crippen LogP contribution in [0.1, 0.15) is 28.8 Å². The minimum atomic E-state index is 0.141.